The molecule has 4 nitrogen and oxygen atoms in total. The zero-order valence-electron chi connectivity index (χ0n) is 13.8. The second kappa shape index (κ2) is 7.54. The molecule has 1 saturated carbocycles. The van der Waals surface area contributed by atoms with Crippen LogP contribution < -0.4 is 10.2 Å². The molecular weight excluding hydrogens is 310 g/mol. The van der Waals surface area contributed by atoms with Crippen molar-refractivity contribution in [3.63, 3.8) is 0 Å². The summed E-state index contributed by atoms with van der Waals surface area (Å²) >= 11 is 6.08. The van der Waals surface area contributed by atoms with E-state index in [2.05, 4.69) is 21.2 Å². The number of hydrogen-bond acceptors (Lipinski definition) is 3. The smallest absolute Gasteiger partial charge is 0.237 e. The Morgan fingerprint density at radius 2 is 1.91 bits per heavy atom. The van der Waals surface area contributed by atoms with Gasteiger partial charge in [-0.05, 0) is 38.0 Å². The van der Waals surface area contributed by atoms with Gasteiger partial charge in [0, 0.05) is 42.9 Å². The first-order chi connectivity index (χ1) is 11.1. The zero-order chi connectivity index (χ0) is 16.2. The second-order valence-corrected chi connectivity index (χ2v) is 7.11. The van der Waals surface area contributed by atoms with E-state index in [0.717, 1.165) is 44.0 Å². The summed E-state index contributed by atoms with van der Waals surface area (Å²) in [6.45, 7) is 5.71. The van der Waals surface area contributed by atoms with Gasteiger partial charge in [-0.1, -0.05) is 30.5 Å². The van der Waals surface area contributed by atoms with Crippen LogP contribution in [0.4, 0.5) is 5.69 Å². The highest BCUT2D eigenvalue weighted by Crippen LogP contribution is 2.22. The molecule has 1 atom stereocenters. The zero-order valence-corrected chi connectivity index (χ0v) is 14.6. The van der Waals surface area contributed by atoms with Gasteiger partial charge in [-0.15, -0.1) is 0 Å². The number of halogens is 1. The number of benzene rings is 1. The molecular formula is C18H26ClN3O. The van der Waals surface area contributed by atoms with Crippen LogP contribution >= 0.6 is 11.6 Å². The van der Waals surface area contributed by atoms with Gasteiger partial charge in [0.05, 0.1) is 6.04 Å². The number of carbonyl (C=O) groups excluding carboxylic acids is 1. The van der Waals surface area contributed by atoms with Crippen molar-refractivity contribution in [1.29, 1.82) is 0 Å². The monoisotopic (exact) mass is 335 g/mol. The molecule has 1 unspecified atom stereocenters. The minimum absolute atomic E-state index is 0.0443. The van der Waals surface area contributed by atoms with Gasteiger partial charge in [0.25, 0.3) is 0 Å². The van der Waals surface area contributed by atoms with E-state index >= 15 is 0 Å². The fraction of sp³-hybridized carbons (Fsp3) is 0.611. The number of nitrogens with zero attached hydrogens (tertiary/aromatic N) is 2. The average Bonchev–Trinajstić information content (AvgIpc) is 3.07. The standard InChI is InChI=1S/C18H26ClN3O/c1-14(18(23)20-16-6-2-3-7-16)21-9-11-22(12-10-21)17-8-4-5-15(19)13-17/h4-5,8,13-14,16H,2-3,6-7,9-12H2,1H3,(H,20,23). The van der Waals surface area contributed by atoms with Gasteiger partial charge in [0.1, 0.15) is 0 Å². The van der Waals surface area contributed by atoms with Crippen LogP contribution in [0.3, 0.4) is 0 Å². The first-order valence-corrected chi connectivity index (χ1v) is 9.06. The molecule has 1 N–H and O–H groups in total. The number of carbonyl (C=O) groups is 1. The van der Waals surface area contributed by atoms with Gasteiger partial charge >= 0.3 is 0 Å². The van der Waals surface area contributed by atoms with Gasteiger partial charge in [-0.3, -0.25) is 9.69 Å². The lowest BCUT2D eigenvalue weighted by Crippen LogP contribution is -2.54. The molecule has 1 saturated heterocycles. The van der Waals surface area contributed by atoms with Crippen LogP contribution in [0.25, 0.3) is 0 Å². The molecule has 1 aromatic rings. The molecule has 0 radical (unpaired) electrons. The third-order valence-electron chi connectivity index (χ3n) is 5.12. The fourth-order valence-electron chi connectivity index (χ4n) is 3.60. The number of amides is 1. The van der Waals surface area contributed by atoms with Crippen LogP contribution in [-0.2, 0) is 4.79 Å². The van der Waals surface area contributed by atoms with Gasteiger partial charge in [0.15, 0.2) is 0 Å². The largest absolute Gasteiger partial charge is 0.369 e. The van der Waals surface area contributed by atoms with Crippen molar-refractivity contribution in [2.75, 3.05) is 31.1 Å². The Bertz CT molecular complexity index is 537. The van der Waals surface area contributed by atoms with Crippen LogP contribution in [-0.4, -0.2) is 49.1 Å². The lowest BCUT2D eigenvalue weighted by Gasteiger charge is -2.38. The number of rotatable bonds is 4. The van der Waals surface area contributed by atoms with Crippen LogP contribution in [0.1, 0.15) is 32.6 Å². The van der Waals surface area contributed by atoms with Crippen LogP contribution in [0.15, 0.2) is 24.3 Å². The van der Waals surface area contributed by atoms with E-state index in [0.29, 0.717) is 6.04 Å². The van der Waals surface area contributed by atoms with E-state index in [-0.39, 0.29) is 11.9 Å². The quantitative estimate of drug-likeness (QED) is 0.919. The van der Waals surface area contributed by atoms with Crippen molar-refractivity contribution in [2.45, 2.75) is 44.7 Å². The van der Waals surface area contributed by atoms with E-state index in [1.54, 1.807) is 0 Å². The first kappa shape index (κ1) is 16.6. The van der Waals surface area contributed by atoms with E-state index in [1.165, 1.54) is 18.5 Å². The summed E-state index contributed by atoms with van der Waals surface area (Å²) in [6, 6.07) is 8.35. The molecule has 0 spiro atoms. The van der Waals surface area contributed by atoms with Crippen molar-refractivity contribution in [3.8, 4) is 0 Å². The van der Waals surface area contributed by atoms with Gasteiger partial charge in [-0.25, -0.2) is 0 Å². The predicted molar refractivity (Wildman–Crippen MR) is 95.1 cm³/mol. The molecule has 1 aliphatic carbocycles. The van der Waals surface area contributed by atoms with Crippen molar-refractivity contribution in [3.05, 3.63) is 29.3 Å². The molecule has 5 heteroatoms. The van der Waals surface area contributed by atoms with Gasteiger partial charge in [-0.2, -0.15) is 0 Å². The third-order valence-corrected chi connectivity index (χ3v) is 5.35. The first-order valence-electron chi connectivity index (χ1n) is 8.68. The molecule has 1 amide bonds. The number of anilines is 1. The van der Waals surface area contributed by atoms with Gasteiger partial charge < -0.3 is 10.2 Å². The SMILES string of the molecule is CC(C(=O)NC1CCCC1)N1CCN(c2cccc(Cl)c2)CC1. The minimum Gasteiger partial charge on any atom is -0.369 e. The second-order valence-electron chi connectivity index (χ2n) is 6.67. The highest BCUT2D eigenvalue weighted by molar-refractivity contribution is 6.30. The summed E-state index contributed by atoms with van der Waals surface area (Å²) in [5.74, 6) is 0.188. The van der Waals surface area contributed by atoms with Crippen LogP contribution in [0.2, 0.25) is 5.02 Å². The summed E-state index contributed by atoms with van der Waals surface area (Å²) in [6.07, 6.45) is 4.78. The lowest BCUT2D eigenvalue weighted by molar-refractivity contribution is -0.126. The van der Waals surface area contributed by atoms with E-state index in [4.69, 9.17) is 11.6 Å². The average molecular weight is 336 g/mol. The molecule has 2 aliphatic rings. The number of piperazine rings is 1. The molecule has 0 aromatic heterocycles. The molecule has 2 fully saturated rings. The number of nitrogens with one attached hydrogen (secondary N) is 1. The maximum absolute atomic E-state index is 12.4. The fourth-order valence-corrected chi connectivity index (χ4v) is 3.78. The Balaban J connectivity index is 1.50. The Morgan fingerprint density at radius 3 is 2.57 bits per heavy atom. The van der Waals surface area contributed by atoms with E-state index < -0.39 is 0 Å². The highest BCUT2D eigenvalue weighted by atomic mass is 35.5. The Hall–Kier alpha value is -1.26. The molecule has 23 heavy (non-hydrogen) atoms. The van der Waals surface area contributed by atoms with Crippen molar-refractivity contribution in [1.82, 2.24) is 10.2 Å². The molecule has 126 valence electrons. The molecule has 1 heterocycles. The van der Waals surface area contributed by atoms with Crippen molar-refractivity contribution in [2.24, 2.45) is 0 Å². The van der Waals surface area contributed by atoms with Crippen molar-refractivity contribution >= 4 is 23.2 Å². The Labute approximate surface area is 143 Å². The van der Waals surface area contributed by atoms with Crippen LogP contribution in [0, 0.1) is 0 Å². The summed E-state index contributed by atoms with van der Waals surface area (Å²) in [4.78, 5) is 17.0. The van der Waals surface area contributed by atoms with Gasteiger partial charge in [0.2, 0.25) is 5.91 Å². The summed E-state index contributed by atoms with van der Waals surface area (Å²) in [5, 5.41) is 3.99. The maximum atomic E-state index is 12.4. The van der Waals surface area contributed by atoms with Crippen LogP contribution in [0.5, 0.6) is 0 Å². The van der Waals surface area contributed by atoms with E-state index in [1.807, 2.05) is 25.1 Å². The molecule has 3 rings (SSSR count). The predicted octanol–water partition coefficient (Wildman–Crippen LogP) is 2.91. The number of hydrogen-bond donors (Lipinski definition) is 1. The maximum Gasteiger partial charge on any atom is 0.237 e. The Morgan fingerprint density at radius 1 is 1.22 bits per heavy atom. The van der Waals surface area contributed by atoms with Crippen molar-refractivity contribution < 1.29 is 4.79 Å². The van der Waals surface area contributed by atoms with E-state index in [9.17, 15) is 4.79 Å². The normalized spacial score (nSPS) is 21.4. The topological polar surface area (TPSA) is 35.6 Å². The highest BCUT2D eigenvalue weighted by Gasteiger charge is 2.27. The summed E-state index contributed by atoms with van der Waals surface area (Å²) < 4.78 is 0. The molecule has 1 aromatic carbocycles. The lowest BCUT2D eigenvalue weighted by atomic mass is 10.1. The minimum atomic E-state index is -0.0443. The molecule has 1 aliphatic heterocycles. The Kier molecular flexibility index (Phi) is 5.44. The third kappa shape index (κ3) is 4.18. The summed E-state index contributed by atoms with van der Waals surface area (Å²) in [5.41, 5.74) is 1.17. The summed E-state index contributed by atoms with van der Waals surface area (Å²) in [7, 11) is 0. The molecule has 0 bridgehead atoms.